The molecule has 0 spiro atoms. The van der Waals surface area contributed by atoms with Crippen molar-refractivity contribution in [1.29, 1.82) is 0 Å². The molecule has 1 aromatic rings. The van der Waals surface area contributed by atoms with Gasteiger partial charge in [0.2, 0.25) is 10.0 Å². The van der Waals surface area contributed by atoms with Crippen molar-refractivity contribution in [3.05, 3.63) is 29.8 Å². The first-order valence-electron chi connectivity index (χ1n) is 8.94. The van der Waals surface area contributed by atoms with Crippen LogP contribution < -0.4 is 15.8 Å². The molecule has 4 N–H and O–H groups in total. The summed E-state index contributed by atoms with van der Waals surface area (Å²) in [5.74, 6) is 0.740. The van der Waals surface area contributed by atoms with E-state index in [-0.39, 0.29) is 10.3 Å². The van der Waals surface area contributed by atoms with E-state index in [0.717, 1.165) is 31.1 Å². The Morgan fingerprint density at radius 1 is 1.23 bits per heavy atom. The van der Waals surface area contributed by atoms with E-state index in [0.29, 0.717) is 6.54 Å². The Morgan fingerprint density at radius 2 is 1.88 bits per heavy atom. The number of primary sulfonamides is 1. The molecule has 146 valence electrons. The zero-order valence-corrected chi connectivity index (χ0v) is 16.4. The molecule has 1 aliphatic rings. The van der Waals surface area contributed by atoms with Gasteiger partial charge in [-0.25, -0.2) is 13.6 Å². The second-order valence-corrected chi connectivity index (χ2v) is 8.48. The third-order valence-corrected chi connectivity index (χ3v) is 6.00. The van der Waals surface area contributed by atoms with Gasteiger partial charge in [0.1, 0.15) is 0 Å². The van der Waals surface area contributed by atoms with Crippen molar-refractivity contribution in [2.45, 2.75) is 43.5 Å². The normalized spacial score (nSPS) is 17.3. The summed E-state index contributed by atoms with van der Waals surface area (Å²) in [6.07, 6.45) is 6.04. The number of sulfonamides is 1. The van der Waals surface area contributed by atoms with Gasteiger partial charge in [0, 0.05) is 33.9 Å². The average Bonchev–Trinajstić information content (AvgIpc) is 3.09. The molecule has 26 heavy (non-hydrogen) atoms. The minimum absolute atomic E-state index is 0.116. The highest BCUT2D eigenvalue weighted by atomic mass is 32.2. The first-order valence-corrected chi connectivity index (χ1v) is 10.5. The molecule has 0 aliphatic heterocycles. The van der Waals surface area contributed by atoms with E-state index >= 15 is 0 Å². The number of ether oxygens (including phenoxy) is 1. The summed E-state index contributed by atoms with van der Waals surface area (Å²) >= 11 is 0. The third-order valence-electron chi connectivity index (χ3n) is 5.07. The Morgan fingerprint density at radius 3 is 2.42 bits per heavy atom. The van der Waals surface area contributed by atoms with Crippen molar-refractivity contribution in [2.75, 3.05) is 27.3 Å². The number of aliphatic imine (C=N–C) groups is 1. The highest BCUT2D eigenvalue weighted by molar-refractivity contribution is 7.89. The maximum atomic E-state index is 11.3. The molecule has 1 fully saturated rings. The molecule has 1 aromatic carbocycles. The first-order chi connectivity index (χ1) is 12.4. The predicted octanol–water partition coefficient (Wildman–Crippen LogP) is 1.60. The number of nitrogens with one attached hydrogen (secondary N) is 2. The quantitative estimate of drug-likeness (QED) is 0.468. The van der Waals surface area contributed by atoms with E-state index in [4.69, 9.17) is 9.88 Å². The van der Waals surface area contributed by atoms with Gasteiger partial charge in [-0.1, -0.05) is 25.0 Å². The number of hydrogen-bond acceptors (Lipinski definition) is 4. The first kappa shape index (κ1) is 20.7. The summed E-state index contributed by atoms with van der Waals surface area (Å²) in [5.41, 5.74) is 1.24. The molecule has 1 saturated carbocycles. The van der Waals surface area contributed by atoms with Gasteiger partial charge in [-0.15, -0.1) is 0 Å². The van der Waals surface area contributed by atoms with Crippen LogP contribution in [0.2, 0.25) is 0 Å². The molecule has 1 aliphatic carbocycles. The molecule has 0 radical (unpaired) electrons. The lowest BCUT2D eigenvalue weighted by atomic mass is 9.83. The maximum absolute atomic E-state index is 11.3. The monoisotopic (exact) mass is 382 g/mol. The number of benzene rings is 1. The van der Waals surface area contributed by atoms with Crippen LogP contribution in [-0.4, -0.2) is 41.7 Å². The van der Waals surface area contributed by atoms with Crippen molar-refractivity contribution < 1.29 is 13.2 Å². The maximum Gasteiger partial charge on any atom is 0.238 e. The Hall–Kier alpha value is -1.64. The van der Waals surface area contributed by atoms with Crippen LogP contribution in [-0.2, 0) is 21.3 Å². The summed E-state index contributed by atoms with van der Waals surface area (Å²) < 4.78 is 27.9. The van der Waals surface area contributed by atoms with Crippen LogP contribution in [0, 0.1) is 5.41 Å². The topological polar surface area (TPSA) is 106 Å². The number of hydrogen-bond donors (Lipinski definition) is 3. The van der Waals surface area contributed by atoms with Crippen LogP contribution in [0.15, 0.2) is 34.2 Å². The molecule has 0 saturated heterocycles. The zero-order chi connectivity index (χ0) is 19.0. The Labute approximate surface area is 156 Å². The van der Waals surface area contributed by atoms with Crippen LogP contribution in [0.1, 0.15) is 37.7 Å². The molecule has 0 heterocycles. The second-order valence-electron chi connectivity index (χ2n) is 6.92. The summed E-state index contributed by atoms with van der Waals surface area (Å²) in [6, 6.07) is 6.52. The molecule has 7 nitrogen and oxygen atoms in total. The van der Waals surface area contributed by atoms with Gasteiger partial charge in [-0.3, -0.25) is 4.99 Å². The molecule has 0 aromatic heterocycles. The molecular weight excluding hydrogens is 352 g/mol. The lowest BCUT2D eigenvalue weighted by Crippen LogP contribution is -2.43. The number of guanidine groups is 1. The molecule has 8 heteroatoms. The van der Waals surface area contributed by atoms with E-state index in [1.165, 1.54) is 37.8 Å². The largest absolute Gasteiger partial charge is 0.385 e. The Kier molecular flexibility index (Phi) is 7.43. The SMILES string of the molecule is CN=C(NCc1ccc(S(N)(=O)=O)cc1)NCC1(CCOC)CCCC1. The van der Waals surface area contributed by atoms with Crippen LogP contribution in [0.4, 0.5) is 0 Å². The van der Waals surface area contributed by atoms with Crippen molar-refractivity contribution in [3.8, 4) is 0 Å². The summed E-state index contributed by atoms with van der Waals surface area (Å²) in [7, 11) is -0.161. The van der Waals surface area contributed by atoms with Crippen LogP contribution in [0.5, 0.6) is 0 Å². The molecule has 0 atom stereocenters. The number of nitrogens with zero attached hydrogens (tertiary/aromatic N) is 1. The third kappa shape index (κ3) is 5.96. The molecule has 0 unspecified atom stereocenters. The molecular formula is C18H30N4O3S. The van der Waals surface area contributed by atoms with Gasteiger partial charge in [-0.2, -0.15) is 0 Å². The van der Waals surface area contributed by atoms with Gasteiger partial charge < -0.3 is 15.4 Å². The average molecular weight is 383 g/mol. The molecule has 0 amide bonds. The number of rotatable bonds is 8. The van der Waals surface area contributed by atoms with Crippen LogP contribution in [0.25, 0.3) is 0 Å². The minimum atomic E-state index is -3.65. The highest BCUT2D eigenvalue weighted by Crippen LogP contribution is 2.40. The van der Waals surface area contributed by atoms with Crippen molar-refractivity contribution >= 4 is 16.0 Å². The lowest BCUT2D eigenvalue weighted by molar-refractivity contribution is 0.138. The van der Waals surface area contributed by atoms with Crippen molar-refractivity contribution in [1.82, 2.24) is 10.6 Å². The molecule has 0 bridgehead atoms. The predicted molar refractivity (Wildman–Crippen MR) is 103 cm³/mol. The van der Waals surface area contributed by atoms with Gasteiger partial charge in [0.05, 0.1) is 4.90 Å². The van der Waals surface area contributed by atoms with Crippen LogP contribution >= 0.6 is 0 Å². The van der Waals surface area contributed by atoms with E-state index in [1.807, 2.05) is 0 Å². The summed E-state index contributed by atoms with van der Waals surface area (Å²) in [4.78, 5) is 4.40. The van der Waals surface area contributed by atoms with E-state index in [1.54, 1.807) is 26.3 Å². The fourth-order valence-corrected chi connectivity index (χ4v) is 3.95. The Balaban J connectivity index is 1.87. The van der Waals surface area contributed by atoms with Gasteiger partial charge >= 0.3 is 0 Å². The van der Waals surface area contributed by atoms with Gasteiger partial charge in [0.15, 0.2) is 5.96 Å². The summed E-state index contributed by atoms with van der Waals surface area (Å²) in [5, 5.41) is 11.8. The smallest absolute Gasteiger partial charge is 0.238 e. The second kappa shape index (κ2) is 9.34. The fourth-order valence-electron chi connectivity index (χ4n) is 3.43. The minimum Gasteiger partial charge on any atom is -0.385 e. The standard InChI is InChI=1S/C18H30N4O3S/c1-20-17(22-14-18(11-12-25-2)9-3-4-10-18)21-13-15-5-7-16(8-6-15)26(19,23)24/h5-8H,3-4,9-14H2,1-2H3,(H2,19,23,24)(H2,20,21,22). The van der Waals surface area contributed by atoms with E-state index in [2.05, 4.69) is 15.6 Å². The fraction of sp³-hybridized carbons (Fsp3) is 0.611. The lowest BCUT2D eigenvalue weighted by Gasteiger charge is -2.30. The summed E-state index contributed by atoms with van der Waals surface area (Å²) in [6.45, 7) is 2.21. The molecule has 2 rings (SSSR count). The highest BCUT2D eigenvalue weighted by Gasteiger charge is 2.33. The van der Waals surface area contributed by atoms with Gasteiger partial charge in [0.25, 0.3) is 0 Å². The van der Waals surface area contributed by atoms with Crippen molar-refractivity contribution in [2.24, 2.45) is 15.5 Å². The van der Waals surface area contributed by atoms with Crippen molar-refractivity contribution in [3.63, 3.8) is 0 Å². The van der Waals surface area contributed by atoms with Gasteiger partial charge in [-0.05, 0) is 42.4 Å². The van der Waals surface area contributed by atoms with Crippen LogP contribution in [0.3, 0.4) is 0 Å². The zero-order valence-electron chi connectivity index (χ0n) is 15.6. The Bertz CT molecular complexity index is 696. The number of nitrogens with two attached hydrogens (primary N) is 1. The number of methoxy groups -OCH3 is 1. The van der Waals surface area contributed by atoms with E-state index in [9.17, 15) is 8.42 Å². The van der Waals surface area contributed by atoms with E-state index < -0.39 is 10.0 Å².